The van der Waals surface area contributed by atoms with Crippen LogP contribution in [-0.4, -0.2) is 40.0 Å². The van der Waals surface area contributed by atoms with Crippen molar-refractivity contribution in [3.05, 3.63) is 76.9 Å². The van der Waals surface area contributed by atoms with Crippen molar-refractivity contribution < 1.29 is 4.79 Å². The summed E-state index contributed by atoms with van der Waals surface area (Å²) in [7, 11) is 0. The Morgan fingerprint density at radius 2 is 2.18 bits per heavy atom. The molecule has 3 aromatic heterocycles. The molecule has 3 aromatic rings. The van der Waals surface area contributed by atoms with Crippen LogP contribution in [0.1, 0.15) is 28.7 Å². The number of carbonyl (C=O) groups is 1. The maximum absolute atomic E-state index is 13.0. The van der Waals surface area contributed by atoms with Gasteiger partial charge in [0.2, 0.25) is 0 Å². The fourth-order valence-corrected chi connectivity index (χ4v) is 5.25. The number of nitrogens with zero attached hydrogens (tertiary/aromatic N) is 4. The number of thiophene rings is 1. The minimum absolute atomic E-state index is 0.122. The number of fused-ring (bicyclic) bond motifs is 4. The highest BCUT2D eigenvalue weighted by atomic mass is 32.1. The van der Waals surface area contributed by atoms with Gasteiger partial charge in [-0.1, -0.05) is 18.2 Å². The molecule has 0 aliphatic carbocycles. The van der Waals surface area contributed by atoms with Crippen molar-refractivity contribution in [3.8, 4) is 5.82 Å². The monoisotopic (exact) mass is 390 g/mol. The number of pyridine rings is 1. The zero-order valence-electron chi connectivity index (χ0n) is 15.8. The van der Waals surface area contributed by atoms with Gasteiger partial charge in [0.25, 0.3) is 5.91 Å². The van der Waals surface area contributed by atoms with E-state index in [9.17, 15) is 4.79 Å². The Morgan fingerprint density at radius 1 is 1.29 bits per heavy atom. The molecular weight excluding hydrogens is 368 g/mol. The van der Waals surface area contributed by atoms with Gasteiger partial charge in [0, 0.05) is 32.0 Å². The quantitative estimate of drug-likeness (QED) is 0.633. The van der Waals surface area contributed by atoms with Gasteiger partial charge in [-0.15, -0.1) is 11.3 Å². The maximum Gasteiger partial charge on any atom is 0.264 e. The molecule has 1 fully saturated rings. The van der Waals surface area contributed by atoms with E-state index in [2.05, 4.69) is 52.3 Å². The third-order valence-corrected chi connectivity index (χ3v) is 6.58. The molecule has 0 radical (unpaired) electrons. The predicted molar refractivity (Wildman–Crippen MR) is 112 cm³/mol. The number of amides is 1. The average Bonchev–Trinajstić information content (AvgIpc) is 3.45. The van der Waals surface area contributed by atoms with E-state index >= 15 is 0 Å². The van der Waals surface area contributed by atoms with Gasteiger partial charge in [-0.05, 0) is 49.1 Å². The minimum atomic E-state index is -0.272. The number of carbonyl (C=O) groups excluding carboxylic acids is 1. The highest BCUT2D eigenvalue weighted by Crippen LogP contribution is 2.47. The smallest absolute Gasteiger partial charge is 0.264 e. The molecule has 6 heteroatoms. The molecule has 0 N–H and O–H groups in total. The third-order valence-electron chi connectivity index (χ3n) is 5.72. The van der Waals surface area contributed by atoms with Crippen LogP contribution in [0.2, 0.25) is 0 Å². The summed E-state index contributed by atoms with van der Waals surface area (Å²) in [5, 5.41) is 1.96. The first-order valence-electron chi connectivity index (χ1n) is 9.48. The van der Waals surface area contributed by atoms with E-state index in [1.807, 2.05) is 34.7 Å². The van der Waals surface area contributed by atoms with Crippen LogP contribution in [0, 0.1) is 0 Å². The molecule has 1 saturated heterocycles. The van der Waals surface area contributed by atoms with Crippen LogP contribution in [0.3, 0.4) is 0 Å². The first-order chi connectivity index (χ1) is 13.6. The van der Waals surface area contributed by atoms with Crippen LogP contribution in [0.5, 0.6) is 0 Å². The van der Waals surface area contributed by atoms with E-state index in [-0.39, 0.29) is 11.4 Å². The van der Waals surface area contributed by atoms with Crippen LogP contribution in [-0.2, 0) is 5.54 Å². The van der Waals surface area contributed by atoms with Crippen LogP contribution in [0.4, 0.5) is 5.69 Å². The Bertz CT molecular complexity index is 1050. The summed E-state index contributed by atoms with van der Waals surface area (Å²) < 4.78 is 2.18. The molecule has 2 aliphatic rings. The standard InChI is InChI=1S/C22H22N4OS/c1-16(2)14-26-17-6-3-10-23-20(17)25-11-4-8-19(25)22(26)9-12-24(15-22)21(27)18-7-5-13-28-18/h3-8,10-11,13H,1,9,12,14-15H2,2H3/t22-/m0/s1. The molecule has 0 unspecified atom stereocenters. The number of aromatic nitrogens is 2. The molecule has 5 nitrogen and oxygen atoms in total. The molecular formula is C22H22N4OS. The Kier molecular flexibility index (Phi) is 3.91. The number of hydrogen-bond donors (Lipinski definition) is 0. The number of likely N-dealkylation sites (tertiary alicyclic amines) is 1. The lowest BCUT2D eigenvalue weighted by molar-refractivity contribution is 0.0787. The normalized spacial score (nSPS) is 20.3. The van der Waals surface area contributed by atoms with Crippen molar-refractivity contribution >= 4 is 22.9 Å². The van der Waals surface area contributed by atoms with Crippen molar-refractivity contribution in [2.45, 2.75) is 18.9 Å². The molecule has 0 saturated carbocycles. The van der Waals surface area contributed by atoms with E-state index in [4.69, 9.17) is 0 Å². The van der Waals surface area contributed by atoms with Crippen molar-refractivity contribution in [1.29, 1.82) is 0 Å². The summed E-state index contributed by atoms with van der Waals surface area (Å²) in [4.78, 5) is 22.9. The topological polar surface area (TPSA) is 41.4 Å². The van der Waals surface area contributed by atoms with E-state index in [0.717, 1.165) is 41.5 Å². The van der Waals surface area contributed by atoms with Crippen molar-refractivity contribution in [3.63, 3.8) is 0 Å². The second-order valence-corrected chi connectivity index (χ2v) is 8.59. The molecule has 5 heterocycles. The summed E-state index contributed by atoms with van der Waals surface area (Å²) in [6.45, 7) is 8.37. The highest BCUT2D eigenvalue weighted by molar-refractivity contribution is 7.12. The summed E-state index contributed by atoms with van der Waals surface area (Å²) in [5.74, 6) is 1.06. The molecule has 2 aliphatic heterocycles. The van der Waals surface area contributed by atoms with Crippen LogP contribution in [0.25, 0.3) is 5.82 Å². The fourth-order valence-electron chi connectivity index (χ4n) is 4.56. The van der Waals surface area contributed by atoms with E-state index in [0.29, 0.717) is 6.54 Å². The summed E-state index contributed by atoms with van der Waals surface area (Å²) in [5.41, 5.74) is 3.11. The molecule has 142 valence electrons. The molecule has 0 aromatic carbocycles. The second kappa shape index (κ2) is 6.34. The largest absolute Gasteiger partial charge is 0.351 e. The molecule has 1 spiro atoms. The zero-order valence-corrected chi connectivity index (χ0v) is 16.7. The van der Waals surface area contributed by atoms with Gasteiger partial charge in [-0.3, -0.25) is 4.79 Å². The zero-order chi connectivity index (χ0) is 19.3. The number of hydrogen-bond acceptors (Lipinski definition) is 4. The van der Waals surface area contributed by atoms with Gasteiger partial charge in [-0.2, -0.15) is 0 Å². The van der Waals surface area contributed by atoms with Crippen LogP contribution < -0.4 is 4.90 Å². The lowest BCUT2D eigenvalue weighted by Gasteiger charge is -2.47. The molecule has 0 bridgehead atoms. The second-order valence-electron chi connectivity index (χ2n) is 7.64. The average molecular weight is 391 g/mol. The van der Waals surface area contributed by atoms with Crippen LogP contribution >= 0.6 is 11.3 Å². The van der Waals surface area contributed by atoms with Crippen molar-refractivity contribution in [2.75, 3.05) is 24.5 Å². The van der Waals surface area contributed by atoms with Gasteiger partial charge in [0.1, 0.15) is 5.54 Å². The lowest BCUT2D eigenvalue weighted by atomic mass is 9.88. The molecule has 28 heavy (non-hydrogen) atoms. The van der Waals surface area contributed by atoms with Gasteiger partial charge < -0.3 is 14.4 Å². The van der Waals surface area contributed by atoms with Gasteiger partial charge in [0.05, 0.1) is 16.3 Å². The number of rotatable bonds is 3. The predicted octanol–water partition coefficient (Wildman–Crippen LogP) is 4.07. The van der Waals surface area contributed by atoms with E-state index < -0.39 is 0 Å². The lowest BCUT2D eigenvalue weighted by Crippen LogP contribution is -2.53. The first kappa shape index (κ1) is 17.3. The van der Waals surface area contributed by atoms with Gasteiger partial charge >= 0.3 is 0 Å². The Morgan fingerprint density at radius 3 is 2.96 bits per heavy atom. The molecule has 5 rings (SSSR count). The van der Waals surface area contributed by atoms with Crippen molar-refractivity contribution in [1.82, 2.24) is 14.5 Å². The first-order valence-corrected chi connectivity index (χ1v) is 10.4. The minimum Gasteiger partial charge on any atom is -0.351 e. The Balaban J connectivity index is 1.61. The summed E-state index contributed by atoms with van der Waals surface area (Å²) >= 11 is 1.51. The van der Waals surface area contributed by atoms with Crippen molar-refractivity contribution in [2.24, 2.45) is 0 Å². The van der Waals surface area contributed by atoms with Crippen LogP contribution in [0.15, 0.2) is 66.3 Å². The van der Waals surface area contributed by atoms with Gasteiger partial charge in [-0.25, -0.2) is 4.98 Å². The summed E-state index contributed by atoms with van der Waals surface area (Å²) in [6, 6.07) is 12.2. The molecule has 1 atom stereocenters. The van der Waals surface area contributed by atoms with E-state index in [1.54, 1.807) is 0 Å². The SMILES string of the molecule is C=C(C)CN1c2cccnc2-n2cccc2[C@@]12CCN(C(=O)c1cccs1)C2. The fraction of sp³-hybridized carbons (Fsp3) is 0.273. The third kappa shape index (κ3) is 2.44. The molecule has 1 amide bonds. The van der Waals surface area contributed by atoms with E-state index in [1.165, 1.54) is 17.0 Å². The highest BCUT2D eigenvalue weighted by Gasteiger charge is 2.50. The summed E-state index contributed by atoms with van der Waals surface area (Å²) in [6.07, 6.45) is 4.79. The Labute approximate surface area is 168 Å². The van der Waals surface area contributed by atoms with Gasteiger partial charge in [0.15, 0.2) is 5.82 Å². The number of anilines is 1. The Hall–Kier alpha value is -2.86. The maximum atomic E-state index is 13.0.